The van der Waals surface area contributed by atoms with Gasteiger partial charge in [-0.2, -0.15) is 9.41 Å². The van der Waals surface area contributed by atoms with E-state index in [1.807, 2.05) is 31.2 Å². The molecule has 0 aliphatic carbocycles. The van der Waals surface area contributed by atoms with Crippen molar-refractivity contribution in [3.05, 3.63) is 99.0 Å². The zero-order valence-corrected chi connectivity index (χ0v) is 20.4. The van der Waals surface area contributed by atoms with Crippen molar-refractivity contribution in [3.63, 3.8) is 0 Å². The quantitative estimate of drug-likeness (QED) is 0.335. The van der Waals surface area contributed by atoms with E-state index in [0.29, 0.717) is 10.6 Å². The molecule has 6 nitrogen and oxygen atoms in total. The molecule has 0 aliphatic heterocycles. The molecule has 9 heteroatoms. The third-order valence-corrected chi connectivity index (χ3v) is 7.26. The van der Waals surface area contributed by atoms with Crippen molar-refractivity contribution in [1.82, 2.24) is 9.73 Å². The molecular weight excluding hydrogens is 514 g/mol. The Morgan fingerprint density at radius 2 is 1.72 bits per heavy atom. The summed E-state index contributed by atoms with van der Waals surface area (Å²) < 4.78 is 28.4. The summed E-state index contributed by atoms with van der Waals surface area (Å²) in [7, 11) is -3.97. The second kappa shape index (κ2) is 10.9. The minimum absolute atomic E-state index is 0.0623. The van der Waals surface area contributed by atoms with Crippen molar-refractivity contribution in [2.24, 2.45) is 5.10 Å². The van der Waals surface area contributed by atoms with Gasteiger partial charge in [-0.05, 0) is 48.4 Å². The van der Waals surface area contributed by atoms with Crippen molar-refractivity contribution in [2.45, 2.75) is 18.4 Å². The molecule has 0 heterocycles. The summed E-state index contributed by atoms with van der Waals surface area (Å²) in [5.74, 6) is -0.568. The van der Waals surface area contributed by atoms with E-state index in [0.717, 1.165) is 19.9 Å². The highest BCUT2D eigenvalue weighted by molar-refractivity contribution is 9.10. The van der Waals surface area contributed by atoms with E-state index in [-0.39, 0.29) is 11.4 Å². The Kier molecular flexibility index (Phi) is 8.20. The monoisotopic (exact) mass is 533 g/mol. The van der Waals surface area contributed by atoms with Crippen LogP contribution in [0.25, 0.3) is 0 Å². The highest BCUT2D eigenvalue weighted by Crippen LogP contribution is 2.23. The second-order valence-corrected chi connectivity index (χ2v) is 10.3. The summed E-state index contributed by atoms with van der Waals surface area (Å²) in [5, 5.41) is 4.35. The van der Waals surface area contributed by atoms with E-state index in [1.165, 1.54) is 18.3 Å². The van der Waals surface area contributed by atoms with Gasteiger partial charge in [-0.25, -0.2) is 13.8 Å². The predicted octanol–water partition coefficient (Wildman–Crippen LogP) is 4.75. The molecule has 3 aromatic rings. The predicted molar refractivity (Wildman–Crippen MR) is 130 cm³/mol. The summed E-state index contributed by atoms with van der Waals surface area (Å²) in [6.07, 6.45) is 1.50. The molecule has 3 aromatic carbocycles. The molecule has 0 aromatic heterocycles. The molecule has 0 radical (unpaired) electrons. The molecule has 0 saturated carbocycles. The number of halogens is 2. The van der Waals surface area contributed by atoms with Gasteiger partial charge in [0.05, 0.1) is 17.7 Å². The first-order valence-electron chi connectivity index (χ1n) is 9.63. The standard InChI is InChI=1S/C23H21BrClN3O3S/c1-17-6-8-18(9-7-17)14-26-27-23(29)16-28(15-19-4-2-3-5-22(19)25)32(30,31)21-12-10-20(24)11-13-21/h2-14H,15-16H2,1H3,(H,27,29)/b26-14+. The van der Waals surface area contributed by atoms with Gasteiger partial charge >= 0.3 is 0 Å². The Morgan fingerprint density at radius 3 is 2.38 bits per heavy atom. The normalized spacial score (nSPS) is 11.8. The molecule has 0 unspecified atom stereocenters. The topological polar surface area (TPSA) is 78.8 Å². The molecule has 3 rings (SSSR count). The molecule has 1 amide bonds. The maximum Gasteiger partial charge on any atom is 0.255 e. The second-order valence-electron chi connectivity index (χ2n) is 7.02. The summed E-state index contributed by atoms with van der Waals surface area (Å²) in [5.41, 5.74) is 4.90. The van der Waals surface area contributed by atoms with Gasteiger partial charge < -0.3 is 0 Å². The first-order chi connectivity index (χ1) is 15.3. The number of hydrogen-bond donors (Lipinski definition) is 1. The van der Waals surface area contributed by atoms with E-state index in [4.69, 9.17) is 11.6 Å². The zero-order valence-electron chi connectivity index (χ0n) is 17.2. The molecule has 0 spiro atoms. The van der Waals surface area contributed by atoms with Crippen molar-refractivity contribution in [2.75, 3.05) is 6.54 Å². The average Bonchev–Trinajstić information content (AvgIpc) is 2.76. The van der Waals surface area contributed by atoms with Crippen molar-refractivity contribution in [3.8, 4) is 0 Å². The minimum Gasteiger partial charge on any atom is -0.272 e. The van der Waals surface area contributed by atoms with Crippen LogP contribution in [0.15, 0.2) is 87.3 Å². The number of benzene rings is 3. The Hall–Kier alpha value is -2.52. The van der Waals surface area contributed by atoms with Crippen LogP contribution in [0.3, 0.4) is 0 Å². The fraction of sp³-hybridized carbons (Fsp3) is 0.130. The Labute approximate surface area is 201 Å². The van der Waals surface area contributed by atoms with E-state index < -0.39 is 22.5 Å². The molecular formula is C23H21BrClN3O3S. The van der Waals surface area contributed by atoms with E-state index in [1.54, 1.807) is 36.4 Å². The van der Waals surface area contributed by atoms with Gasteiger partial charge in [0.25, 0.3) is 5.91 Å². The molecule has 0 aliphatic rings. The molecule has 0 fully saturated rings. The molecule has 32 heavy (non-hydrogen) atoms. The maximum atomic E-state index is 13.3. The first kappa shape index (κ1) is 24.1. The first-order valence-corrected chi connectivity index (χ1v) is 12.2. The number of hydrazone groups is 1. The lowest BCUT2D eigenvalue weighted by Gasteiger charge is -2.22. The number of carbonyl (C=O) groups excluding carboxylic acids is 1. The Bertz CT molecular complexity index is 1210. The Balaban J connectivity index is 1.80. The summed E-state index contributed by atoms with van der Waals surface area (Å²) >= 11 is 9.53. The number of hydrogen-bond acceptors (Lipinski definition) is 4. The smallest absolute Gasteiger partial charge is 0.255 e. The fourth-order valence-corrected chi connectivity index (χ4v) is 4.66. The van der Waals surface area contributed by atoms with Gasteiger partial charge in [0.2, 0.25) is 10.0 Å². The van der Waals surface area contributed by atoms with Crippen molar-refractivity contribution < 1.29 is 13.2 Å². The number of sulfonamides is 1. The summed E-state index contributed by atoms with van der Waals surface area (Å²) in [6.45, 7) is 1.49. The zero-order chi connectivity index (χ0) is 23.1. The van der Waals surface area contributed by atoms with Crippen molar-refractivity contribution >= 4 is 49.7 Å². The van der Waals surface area contributed by atoms with Crippen LogP contribution in [-0.2, 0) is 21.4 Å². The lowest BCUT2D eigenvalue weighted by Crippen LogP contribution is -2.39. The van der Waals surface area contributed by atoms with E-state index >= 15 is 0 Å². The Morgan fingerprint density at radius 1 is 1.06 bits per heavy atom. The summed E-state index contributed by atoms with van der Waals surface area (Å²) in [6, 6.07) is 20.7. The number of carbonyl (C=O) groups is 1. The highest BCUT2D eigenvalue weighted by atomic mass is 79.9. The number of aryl methyl sites for hydroxylation is 1. The molecule has 166 valence electrons. The van der Waals surface area contributed by atoms with Gasteiger partial charge in [-0.15, -0.1) is 0 Å². The number of rotatable bonds is 8. The van der Waals surface area contributed by atoms with E-state index in [9.17, 15) is 13.2 Å². The van der Waals surface area contributed by atoms with Gasteiger partial charge in [0, 0.05) is 16.0 Å². The van der Waals surface area contributed by atoms with Crippen LogP contribution in [-0.4, -0.2) is 31.4 Å². The molecule has 0 saturated heterocycles. The summed E-state index contributed by atoms with van der Waals surface area (Å²) in [4.78, 5) is 12.6. The third kappa shape index (κ3) is 6.49. The molecule has 0 atom stereocenters. The SMILES string of the molecule is Cc1ccc(/C=N/NC(=O)CN(Cc2ccccc2Cl)S(=O)(=O)c2ccc(Br)cc2)cc1. The van der Waals surface area contributed by atoms with Crippen LogP contribution in [0.5, 0.6) is 0 Å². The maximum absolute atomic E-state index is 13.3. The number of nitrogens with one attached hydrogen (secondary N) is 1. The van der Waals surface area contributed by atoms with Gasteiger partial charge in [-0.3, -0.25) is 4.79 Å². The van der Waals surface area contributed by atoms with Crippen LogP contribution in [0, 0.1) is 6.92 Å². The lowest BCUT2D eigenvalue weighted by molar-refractivity contribution is -0.121. The van der Waals surface area contributed by atoms with Crippen LogP contribution in [0.1, 0.15) is 16.7 Å². The van der Waals surface area contributed by atoms with Crippen molar-refractivity contribution in [1.29, 1.82) is 0 Å². The average molecular weight is 535 g/mol. The van der Waals surface area contributed by atoms with E-state index in [2.05, 4.69) is 26.5 Å². The van der Waals surface area contributed by atoms with Gasteiger partial charge in [-0.1, -0.05) is 75.6 Å². The van der Waals surface area contributed by atoms with Crippen LogP contribution in [0.2, 0.25) is 5.02 Å². The van der Waals surface area contributed by atoms with Crippen LogP contribution in [0.4, 0.5) is 0 Å². The van der Waals surface area contributed by atoms with Crippen LogP contribution < -0.4 is 5.43 Å². The fourth-order valence-electron chi connectivity index (χ4n) is 2.82. The molecule has 1 N–H and O–H groups in total. The van der Waals surface area contributed by atoms with Gasteiger partial charge in [0.15, 0.2) is 0 Å². The third-order valence-electron chi connectivity index (χ3n) is 4.56. The largest absolute Gasteiger partial charge is 0.272 e. The van der Waals surface area contributed by atoms with Gasteiger partial charge in [0.1, 0.15) is 0 Å². The number of nitrogens with zero attached hydrogens (tertiary/aromatic N) is 2. The minimum atomic E-state index is -3.97. The highest BCUT2D eigenvalue weighted by Gasteiger charge is 2.27. The molecule has 0 bridgehead atoms. The van der Waals surface area contributed by atoms with Crippen LogP contribution >= 0.6 is 27.5 Å². The lowest BCUT2D eigenvalue weighted by atomic mass is 10.2. The number of amides is 1.